The second kappa shape index (κ2) is 8.28. The number of urea groups is 1. The van der Waals surface area contributed by atoms with Gasteiger partial charge >= 0.3 is 12.0 Å². The van der Waals surface area contributed by atoms with E-state index in [0.29, 0.717) is 13.1 Å². The van der Waals surface area contributed by atoms with Gasteiger partial charge in [-0.25, -0.2) is 18.0 Å². The third kappa shape index (κ3) is 4.79. The molecule has 1 saturated heterocycles. The van der Waals surface area contributed by atoms with E-state index in [1.165, 1.54) is 35.5 Å². The van der Waals surface area contributed by atoms with Crippen LogP contribution in [-0.2, 0) is 19.6 Å². The molecule has 9 nitrogen and oxygen atoms in total. The lowest BCUT2D eigenvalue weighted by Gasteiger charge is -2.26. The zero-order chi connectivity index (χ0) is 19.3. The normalized spacial score (nSPS) is 16.5. The number of imide groups is 1. The number of nitrogens with zero attached hydrogens (tertiary/aromatic N) is 1. The van der Waals surface area contributed by atoms with Gasteiger partial charge < -0.3 is 10.5 Å². The quantitative estimate of drug-likeness (QED) is 0.715. The van der Waals surface area contributed by atoms with E-state index in [2.05, 4.69) is 0 Å². The van der Waals surface area contributed by atoms with Gasteiger partial charge in [-0.05, 0) is 38.0 Å². The van der Waals surface area contributed by atoms with Gasteiger partial charge in [-0.1, -0.05) is 12.5 Å². The molecule has 0 unspecified atom stereocenters. The van der Waals surface area contributed by atoms with Gasteiger partial charge in [-0.3, -0.25) is 10.1 Å². The van der Waals surface area contributed by atoms with Crippen LogP contribution in [0.4, 0.5) is 4.79 Å². The third-order valence-electron chi connectivity index (χ3n) is 3.92. The summed E-state index contributed by atoms with van der Waals surface area (Å²) in [5.74, 6) is -1.75. The third-order valence-corrected chi connectivity index (χ3v) is 5.82. The number of primary amides is 1. The van der Waals surface area contributed by atoms with E-state index in [1.54, 1.807) is 5.32 Å². The Balaban J connectivity index is 2.14. The molecule has 0 saturated carbocycles. The van der Waals surface area contributed by atoms with E-state index in [0.717, 1.165) is 19.3 Å². The van der Waals surface area contributed by atoms with Crippen molar-refractivity contribution in [2.24, 2.45) is 5.73 Å². The van der Waals surface area contributed by atoms with Crippen LogP contribution in [0.3, 0.4) is 0 Å². The summed E-state index contributed by atoms with van der Waals surface area (Å²) < 4.78 is 31.7. The number of sulfonamides is 1. The predicted octanol–water partition coefficient (Wildman–Crippen LogP) is 0.601. The number of nitrogens with two attached hydrogens (primary N) is 1. The molecular formula is C16H21N3O6S. The first-order valence-corrected chi connectivity index (χ1v) is 9.57. The van der Waals surface area contributed by atoms with Crippen LogP contribution in [0.2, 0.25) is 0 Å². The van der Waals surface area contributed by atoms with Crippen molar-refractivity contribution in [3.05, 3.63) is 29.8 Å². The second-order valence-electron chi connectivity index (χ2n) is 5.89. The first kappa shape index (κ1) is 19.9. The van der Waals surface area contributed by atoms with Crippen molar-refractivity contribution < 1.29 is 27.5 Å². The second-order valence-corrected chi connectivity index (χ2v) is 7.83. The first-order chi connectivity index (χ1) is 12.2. The number of rotatable bonds is 5. The molecule has 3 N–H and O–H groups in total. The highest BCUT2D eigenvalue weighted by atomic mass is 32.2. The minimum Gasteiger partial charge on any atom is -0.449 e. The van der Waals surface area contributed by atoms with Gasteiger partial charge in [0.2, 0.25) is 10.0 Å². The topological polar surface area (TPSA) is 136 Å². The number of carbonyl (C=O) groups excluding carboxylic acids is 3. The summed E-state index contributed by atoms with van der Waals surface area (Å²) in [7, 11) is -3.69. The molecule has 1 fully saturated rings. The zero-order valence-electron chi connectivity index (χ0n) is 14.3. The molecule has 1 aromatic rings. The lowest BCUT2D eigenvalue weighted by molar-refractivity contribution is -0.127. The Kier molecular flexibility index (Phi) is 6.32. The van der Waals surface area contributed by atoms with Crippen LogP contribution in [0.5, 0.6) is 0 Å². The van der Waals surface area contributed by atoms with Crippen LogP contribution >= 0.6 is 0 Å². The van der Waals surface area contributed by atoms with Gasteiger partial charge in [0.15, 0.2) is 6.10 Å². The van der Waals surface area contributed by atoms with Gasteiger partial charge in [0.25, 0.3) is 5.91 Å². The molecule has 1 aromatic carbocycles. The summed E-state index contributed by atoms with van der Waals surface area (Å²) in [5.41, 5.74) is 4.82. The fraction of sp³-hybridized carbons (Fsp3) is 0.438. The van der Waals surface area contributed by atoms with Crippen molar-refractivity contribution >= 4 is 27.9 Å². The molecule has 0 radical (unpaired) electrons. The predicted molar refractivity (Wildman–Crippen MR) is 91.7 cm³/mol. The lowest BCUT2D eigenvalue weighted by Crippen LogP contribution is -2.42. The van der Waals surface area contributed by atoms with E-state index >= 15 is 0 Å². The molecule has 0 spiro atoms. The summed E-state index contributed by atoms with van der Waals surface area (Å²) in [6.45, 7) is 2.16. The highest BCUT2D eigenvalue weighted by Crippen LogP contribution is 2.21. The van der Waals surface area contributed by atoms with Gasteiger partial charge in [0.05, 0.1) is 10.5 Å². The summed E-state index contributed by atoms with van der Waals surface area (Å²) in [4.78, 5) is 34.4. The molecule has 1 atom stereocenters. The molecule has 2 rings (SSSR count). The summed E-state index contributed by atoms with van der Waals surface area (Å²) in [6.07, 6.45) is 1.32. The average Bonchev–Trinajstić information content (AvgIpc) is 2.62. The van der Waals surface area contributed by atoms with Crippen LogP contribution in [0.25, 0.3) is 0 Å². The van der Waals surface area contributed by atoms with Crippen molar-refractivity contribution in [2.75, 3.05) is 13.1 Å². The minimum absolute atomic E-state index is 0.0110. The van der Waals surface area contributed by atoms with Crippen molar-refractivity contribution in [2.45, 2.75) is 37.2 Å². The van der Waals surface area contributed by atoms with Crippen LogP contribution < -0.4 is 11.1 Å². The Morgan fingerprint density at radius 1 is 1.19 bits per heavy atom. The highest BCUT2D eigenvalue weighted by molar-refractivity contribution is 7.89. The Bertz CT molecular complexity index is 802. The maximum absolute atomic E-state index is 12.7. The van der Waals surface area contributed by atoms with E-state index in [4.69, 9.17) is 10.5 Å². The number of benzene rings is 1. The molecule has 26 heavy (non-hydrogen) atoms. The van der Waals surface area contributed by atoms with Crippen molar-refractivity contribution in [3.63, 3.8) is 0 Å². The Morgan fingerprint density at radius 3 is 2.46 bits per heavy atom. The number of carbonyl (C=O) groups is 3. The SMILES string of the molecule is C[C@@H](OC(=O)c1cccc(S(=O)(=O)N2CCCCC2)c1)C(=O)NC(N)=O. The number of hydrogen-bond acceptors (Lipinski definition) is 6. The Hall–Kier alpha value is -2.46. The smallest absolute Gasteiger partial charge is 0.338 e. The van der Waals surface area contributed by atoms with E-state index in [-0.39, 0.29) is 10.5 Å². The summed E-state index contributed by atoms with van der Waals surface area (Å²) in [5, 5.41) is 1.80. The molecule has 10 heteroatoms. The Labute approximate surface area is 151 Å². The van der Waals surface area contributed by atoms with Gasteiger partial charge in [0.1, 0.15) is 0 Å². The summed E-state index contributed by atoms with van der Waals surface area (Å²) >= 11 is 0. The van der Waals surface area contributed by atoms with Gasteiger partial charge in [-0.2, -0.15) is 4.31 Å². The van der Waals surface area contributed by atoms with Crippen LogP contribution in [-0.4, -0.2) is 49.8 Å². The monoisotopic (exact) mass is 383 g/mol. The Morgan fingerprint density at radius 2 is 1.85 bits per heavy atom. The first-order valence-electron chi connectivity index (χ1n) is 8.13. The summed E-state index contributed by atoms with van der Waals surface area (Å²) in [6, 6.07) is 4.37. The van der Waals surface area contributed by atoms with Crippen LogP contribution in [0, 0.1) is 0 Å². The molecule has 3 amide bonds. The molecule has 142 valence electrons. The largest absolute Gasteiger partial charge is 0.449 e. The number of piperidine rings is 1. The maximum Gasteiger partial charge on any atom is 0.338 e. The molecule has 0 aliphatic carbocycles. The fourth-order valence-corrected chi connectivity index (χ4v) is 4.11. The number of hydrogen-bond donors (Lipinski definition) is 2. The van der Waals surface area contributed by atoms with Crippen LogP contribution in [0.1, 0.15) is 36.5 Å². The molecule has 0 aromatic heterocycles. The lowest BCUT2D eigenvalue weighted by atomic mass is 10.2. The molecule has 1 heterocycles. The highest BCUT2D eigenvalue weighted by Gasteiger charge is 2.27. The number of nitrogens with one attached hydrogen (secondary N) is 1. The minimum atomic E-state index is -3.69. The van der Waals surface area contributed by atoms with Crippen molar-refractivity contribution in [1.82, 2.24) is 9.62 Å². The van der Waals surface area contributed by atoms with Gasteiger partial charge in [-0.15, -0.1) is 0 Å². The van der Waals surface area contributed by atoms with Crippen molar-refractivity contribution in [1.29, 1.82) is 0 Å². The molecular weight excluding hydrogens is 362 g/mol. The van der Waals surface area contributed by atoms with Gasteiger partial charge in [0, 0.05) is 13.1 Å². The number of amides is 3. The zero-order valence-corrected chi connectivity index (χ0v) is 15.1. The number of esters is 1. The molecule has 0 bridgehead atoms. The standard InChI is InChI=1S/C16H21N3O6S/c1-11(14(20)18-16(17)22)25-15(21)12-6-5-7-13(10-12)26(23,24)19-8-3-2-4-9-19/h5-7,10-11H,2-4,8-9H2,1H3,(H3,17,18,20,22)/t11-/m1/s1. The molecule has 1 aliphatic heterocycles. The fourth-order valence-electron chi connectivity index (χ4n) is 2.54. The van der Waals surface area contributed by atoms with E-state index in [1.807, 2.05) is 0 Å². The molecule has 1 aliphatic rings. The maximum atomic E-state index is 12.7. The average molecular weight is 383 g/mol. The van der Waals surface area contributed by atoms with Crippen LogP contribution in [0.15, 0.2) is 29.2 Å². The van der Waals surface area contributed by atoms with Crippen molar-refractivity contribution in [3.8, 4) is 0 Å². The number of ether oxygens (including phenoxy) is 1. The van der Waals surface area contributed by atoms with E-state index in [9.17, 15) is 22.8 Å². The van der Waals surface area contributed by atoms with E-state index < -0.39 is 34.0 Å².